The van der Waals surface area contributed by atoms with Gasteiger partial charge in [0.2, 0.25) is 0 Å². The van der Waals surface area contributed by atoms with Crippen LogP contribution in [0.4, 0.5) is 17.6 Å². The Morgan fingerprint density at radius 2 is 1.11 bits per heavy atom. The highest BCUT2D eigenvalue weighted by Crippen LogP contribution is 2.45. The molecular weight excluding hydrogens is 753 g/mol. The van der Waals surface area contributed by atoms with Crippen LogP contribution in [0, 0.1) is 23.3 Å². The number of aromatic amines is 2. The van der Waals surface area contributed by atoms with Gasteiger partial charge in [0.25, 0.3) is 0 Å². The first kappa shape index (κ1) is 35.5. The highest BCUT2D eigenvalue weighted by atomic mass is 32.1. The van der Waals surface area contributed by atoms with Crippen molar-refractivity contribution >= 4 is 34.8 Å². The number of fused-ring (bicyclic) bond motifs is 2. The highest BCUT2D eigenvalue weighted by molar-refractivity contribution is 7.13. The number of benzene rings is 4. The molecule has 2 aliphatic carbocycles. The second-order valence-corrected chi connectivity index (χ2v) is 15.2. The molecule has 0 spiro atoms. The van der Waals surface area contributed by atoms with E-state index in [4.69, 9.17) is 0 Å². The van der Waals surface area contributed by atoms with E-state index in [1.54, 1.807) is 23.8 Å². The van der Waals surface area contributed by atoms with Crippen LogP contribution in [0.15, 0.2) is 132 Å². The normalized spacial score (nSPS) is 18.2. The minimum absolute atomic E-state index is 0.561. The van der Waals surface area contributed by atoms with Gasteiger partial charge in [0.1, 0.15) is 22.1 Å². The summed E-state index contributed by atoms with van der Waals surface area (Å²) in [7, 11) is 0. The van der Waals surface area contributed by atoms with Gasteiger partial charge >= 0.3 is 0 Å². The summed E-state index contributed by atoms with van der Waals surface area (Å²) in [6, 6.07) is 28.0. The Bertz CT molecular complexity index is 2520. The molecule has 4 heterocycles. The van der Waals surface area contributed by atoms with Gasteiger partial charge in [-0.05, 0) is 46.5 Å². The Morgan fingerprint density at radius 3 is 1.59 bits per heavy atom. The molecule has 10 rings (SSSR count). The maximum atomic E-state index is 14.1. The summed E-state index contributed by atoms with van der Waals surface area (Å²) in [5.41, 5.74) is 10.3. The lowest BCUT2D eigenvalue weighted by molar-refractivity contribution is 0.502. The summed E-state index contributed by atoms with van der Waals surface area (Å²) < 4.78 is 55.3. The number of aromatic nitrogens is 6. The van der Waals surface area contributed by atoms with Crippen LogP contribution in [-0.2, 0) is 23.7 Å². The molecule has 0 amide bonds. The molecule has 56 heavy (non-hydrogen) atoms. The van der Waals surface area contributed by atoms with Gasteiger partial charge in [-0.1, -0.05) is 97.1 Å². The standard InChI is InChI=1S/2C22H15F2N3S/c23-17-7-6-15(10-18(17)24)22(14-4-2-1-3-5-14)9-8-16-19(11-22)26-27-21(16)20-12-28-13-25-20;23-17-7-6-15(12-18(17)24)22(14-4-2-1-3-5-14)9-8-16-19(13-22)26-27-20(16)21-25-10-11-28-21/h1-10,12-13H,11H2,(H,26,27);1-12H,13H2,(H,26,27). The number of H-pyrrole nitrogens is 2. The summed E-state index contributed by atoms with van der Waals surface area (Å²) in [6.07, 6.45) is 11.0. The Kier molecular flexibility index (Phi) is 9.14. The largest absolute Gasteiger partial charge is 0.281 e. The first-order chi connectivity index (χ1) is 27.3. The molecule has 0 fully saturated rings. The van der Waals surface area contributed by atoms with E-state index in [-0.39, 0.29) is 0 Å². The van der Waals surface area contributed by atoms with Crippen molar-refractivity contribution in [2.24, 2.45) is 0 Å². The summed E-state index contributed by atoms with van der Waals surface area (Å²) in [5, 5.41) is 19.9. The molecule has 2 atom stereocenters. The second kappa shape index (κ2) is 14.4. The van der Waals surface area contributed by atoms with Gasteiger partial charge in [0, 0.05) is 63.1 Å². The third kappa shape index (κ3) is 6.20. The van der Waals surface area contributed by atoms with Gasteiger partial charge in [-0.25, -0.2) is 27.5 Å². The van der Waals surface area contributed by atoms with Crippen molar-refractivity contribution in [1.29, 1.82) is 0 Å². The first-order valence-corrected chi connectivity index (χ1v) is 19.5. The molecule has 6 nitrogen and oxygen atoms in total. The second-order valence-electron chi connectivity index (χ2n) is 13.6. The SMILES string of the molecule is Fc1ccc(C2(c3ccccc3)C=Cc3c(-c4cscn4)n[nH]c3C2)cc1F.Fc1ccc(C2(c3ccccc3)C=Cc3c(-c4nccs4)n[nH]c3C2)cc1F. The molecule has 2 unspecified atom stereocenters. The first-order valence-electron chi connectivity index (χ1n) is 17.7. The average Bonchev–Trinajstić information content (AvgIpc) is 4.08. The van der Waals surface area contributed by atoms with E-state index in [1.165, 1.54) is 46.9 Å². The van der Waals surface area contributed by atoms with Crippen LogP contribution in [0.25, 0.3) is 34.2 Å². The lowest BCUT2D eigenvalue weighted by atomic mass is 9.68. The summed E-state index contributed by atoms with van der Waals surface area (Å²) >= 11 is 3.05. The molecule has 2 N–H and O–H groups in total. The predicted octanol–water partition coefficient (Wildman–Crippen LogP) is 10.7. The van der Waals surface area contributed by atoms with Crippen LogP contribution in [0.5, 0.6) is 0 Å². The van der Waals surface area contributed by atoms with Crippen molar-refractivity contribution in [2.45, 2.75) is 23.7 Å². The molecular formula is C44H30F4N6S2. The minimum atomic E-state index is -0.847. The highest BCUT2D eigenvalue weighted by Gasteiger charge is 2.39. The molecule has 0 saturated carbocycles. The Balaban J connectivity index is 0.000000146. The molecule has 12 heteroatoms. The summed E-state index contributed by atoms with van der Waals surface area (Å²) in [4.78, 5) is 8.70. The van der Waals surface area contributed by atoms with E-state index in [2.05, 4.69) is 42.5 Å². The molecule has 0 bridgehead atoms. The molecule has 2 aliphatic rings. The van der Waals surface area contributed by atoms with Crippen LogP contribution in [-0.4, -0.2) is 30.4 Å². The fraction of sp³-hybridized carbons (Fsp3) is 0.0909. The number of thiazole rings is 2. The number of halogens is 4. The topological polar surface area (TPSA) is 83.1 Å². The fourth-order valence-electron chi connectivity index (χ4n) is 7.70. The van der Waals surface area contributed by atoms with Gasteiger partial charge in [-0.2, -0.15) is 10.2 Å². The van der Waals surface area contributed by atoms with E-state index >= 15 is 0 Å². The van der Waals surface area contributed by atoms with E-state index < -0.39 is 34.1 Å². The monoisotopic (exact) mass is 782 g/mol. The van der Waals surface area contributed by atoms with E-state index in [0.717, 1.165) is 55.7 Å². The van der Waals surface area contributed by atoms with Crippen LogP contribution in [0.3, 0.4) is 0 Å². The molecule has 276 valence electrons. The van der Waals surface area contributed by atoms with Gasteiger partial charge in [-0.15, -0.1) is 22.7 Å². The third-order valence-corrected chi connectivity index (χ3v) is 11.9. The van der Waals surface area contributed by atoms with Gasteiger partial charge in [0.05, 0.1) is 5.51 Å². The molecule has 4 aromatic carbocycles. The fourth-order valence-corrected chi connectivity index (χ4v) is 8.88. The predicted molar refractivity (Wildman–Crippen MR) is 212 cm³/mol. The third-order valence-electron chi connectivity index (χ3n) is 10.5. The molecule has 0 saturated heterocycles. The number of hydrogen-bond acceptors (Lipinski definition) is 6. The quantitative estimate of drug-likeness (QED) is 0.165. The number of nitrogens with one attached hydrogen (secondary N) is 2. The molecule has 4 aromatic heterocycles. The molecule has 0 aliphatic heterocycles. The van der Waals surface area contributed by atoms with Crippen molar-refractivity contribution in [1.82, 2.24) is 30.4 Å². The smallest absolute Gasteiger partial charge is 0.159 e. The van der Waals surface area contributed by atoms with Crippen LogP contribution in [0.2, 0.25) is 0 Å². The lowest BCUT2D eigenvalue weighted by Gasteiger charge is -2.34. The zero-order valence-electron chi connectivity index (χ0n) is 29.4. The van der Waals surface area contributed by atoms with Gasteiger partial charge < -0.3 is 0 Å². The van der Waals surface area contributed by atoms with Crippen molar-refractivity contribution in [3.63, 3.8) is 0 Å². The Labute approximate surface area is 327 Å². The van der Waals surface area contributed by atoms with Crippen molar-refractivity contribution < 1.29 is 17.6 Å². The van der Waals surface area contributed by atoms with Crippen molar-refractivity contribution in [2.75, 3.05) is 0 Å². The van der Waals surface area contributed by atoms with E-state index in [1.807, 2.05) is 83.6 Å². The van der Waals surface area contributed by atoms with Crippen LogP contribution in [0.1, 0.15) is 44.8 Å². The number of nitrogens with zero attached hydrogens (tertiary/aromatic N) is 4. The number of allylic oxidation sites excluding steroid dienone is 2. The van der Waals surface area contributed by atoms with Crippen LogP contribution >= 0.6 is 22.7 Å². The maximum absolute atomic E-state index is 14.1. The van der Waals surface area contributed by atoms with E-state index in [9.17, 15) is 17.6 Å². The Morgan fingerprint density at radius 1 is 0.571 bits per heavy atom. The van der Waals surface area contributed by atoms with Crippen LogP contribution < -0.4 is 0 Å². The average molecular weight is 783 g/mol. The summed E-state index contributed by atoms with van der Waals surface area (Å²) in [5.74, 6) is -3.39. The molecule has 0 radical (unpaired) electrons. The molecule has 8 aromatic rings. The van der Waals surface area contributed by atoms with Gasteiger partial charge in [0.15, 0.2) is 23.3 Å². The Hall–Kier alpha value is -6.24. The van der Waals surface area contributed by atoms with Gasteiger partial charge in [-0.3, -0.25) is 10.2 Å². The summed E-state index contributed by atoms with van der Waals surface area (Å²) in [6.45, 7) is 0. The van der Waals surface area contributed by atoms with Crippen molar-refractivity contribution in [3.8, 4) is 22.1 Å². The maximum Gasteiger partial charge on any atom is 0.159 e. The van der Waals surface area contributed by atoms with E-state index in [0.29, 0.717) is 24.0 Å². The zero-order valence-corrected chi connectivity index (χ0v) is 31.0. The lowest BCUT2D eigenvalue weighted by Crippen LogP contribution is -2.30. The number of hydrogen-bond donors (Lipinski definition) is 2. The number of rotatable bonds is 6. The zero-order chi connectivity index (χ0) is 38.3. The van der Waals surface area contributed by atoms with Crippen molar-refractivity contribution in [3.05, 3.63) is 200 Å². The minimum Gasteiger partial charge on any atom is -0.281 e.